The minimum Gasteiger partial charge on any atom is -0.458 e. The predicted octanol–water partition coefficient (Wildman–Crippen LogP) is 3.73. The summed E-state index contributed by atoms with van der Waals surface area (Å²) in [6, 6.07) is 0. The molecule has 4 nitrogen and oxygen atoms in total. The number of cyclic esters (lactones) is 1. The van der Waals surface area contributed by atoms with E-state index in [9.17, 15) is 14.7 Å². The first-order valence-electron chi connectivity index (χ1n) is 10.6. The van der Waals surface area contributed by atoms with Crippen LogP contribution in [0, 0.1) is 28.6 Å². The Morgan fingerprint density at radius 1 is 1.00 bits per heavy atom. The van der Waals surface area contributed by atoms with Gasteiger partial charge >= 0.3 is 5.97 Å². The van der Waals surface area contributed by atoms with Crippen molar-refractivity contribution in [2.24, 2.45) is 28.6 Å². The first-order chi connectivity index (χ1) is 12.8. The monoisotopic (exact) mass is 370 g/mol. The molecule has 0 aromatic carbocycles. The van der Waals surface area contributed by atoms with Crippen molar-refractivity contribution in [2.45, 2.75) is 70.8 Å². The summed E-state index contributed by atoms with van der Waals surface area (Å²) in [5, 5.41) is 12.1. The summed E-state index contributed by atoms with van der Waals surface area (Å²) in [6.07, 6.45) is 10.9. The van der Waals surface area contributed by atoms with Gasteiger partial charge < -0.3 is 9.84 Å². The van der Waals surface area contributed by atoms with Crippen molar-refractivity contribution in [3.8, 4) is 0 Å². The zero-order valence-electron chi connectivity index (χ0n) is 16.4. The molecule has 4 aliphatic carbocycles. The van der Waals surface area contributed by atoms with E-state index in [1.165, 1.54) is 5.57 Å². The third kappa shape index (κ3) is 2.19. The average Bonchev–Trinajstić information content (AvgIpc) is 3.16. The normalized spacial score (nSPS) is 48.9. The Labute approximate surface area is 161 Å². The van der Waals surface area contributed by atoms with Crippen molar-refractivity contribution in [3.05, 3.63) is 23.3 Å². The van der Waals surface area contributed by atoms with E-state index in [1.807, 2.05) is 6.08 Å². The summed E-state index contributed by atoms with van der Waals surface area (Å²) < 4.78 is 5.19. The van der Waals surface area contributed by atoms with Gasteiger partial charge in [-0.1, -0.05) is 19.4 Å². The van der Waals surface area contributed by atoms with Crippen LogP contribution >= 0.6 is 0 Å². The second kappa shape index (κ2) is 5.56. The molecule has 6 unspecified atom stereocenters. The SMILES string of the molecule is CC12CCC(=O)C=C1CCC1C2CCC2(C)C(C3=CC(=O)OC3)CCC12O. The van der Waals surface area contributed by atoms with Crippen LogP contribution in [0.2, 0.25) is 0 Å². The van der Waals surface area contributed by atoms with Gasteiger partial charge in [-0.25, -0.2) is 4.79 Å². The van der Waals surface area contributed by atoms with Gasteiger partial charge in [-0.05, 0) is 79.8 Å². The van der Waals surface area contributed by atoms with Gasteiger partial charge in [0.05, 0.1) is 5.60 Å². The van der Waals surface area contributed by atoms with Crippen molar-refractivity contribution in [2.75, 3.05) is 6.61 Å². The number of esters is 1. The highest BCUT2D eigenvalue weighted by Gasteiger charge is 2.67. The molecule has 1 heterocycles. The molecule has 146 valence electrons. The third-order valence-electron chi connectivity index (χ3n) is 9.28. The molecule has 6 atom stereocenters. The fourth-order valence-electron chi connectivity index (χ4n) is 7.71. The minimum absolute atomic E-state index is 0.0671. The van der Waals surface area contributed by atoms with Gasteiger partial charge in [0.2, 0.25) is 0 Å². The van der Waals surface area contributed by atoms with Gasteiger partial charge in [-0.3, -0.25) is 4.79 Å². The first-order valence-corrected chi connectivity index (χ1v) is 10.6. The Morgan fingerprint density at radius 2 is 1.81 bits per heavy atom. The number of hydrogen-bond donors (Lipinski definition) is 1. The van der Waals surface area contributed by atoms with Crippen LogP contribution in [0.1, 0.15) is 65.2 Å². The highest BCUT2D eigenvalue weighted by atomic mass is 16.5. The molecule has 0 bridgehead atoms. The molecule has 5 aliphatic rings. The zero-order valence-corrected chi connectivity index (χ0v) is 16.4. The van der Waals surface area contributed by atoms with Crippen LogP contribution in [0.3, 0.4) is 0 Å². The molecule has 0 aromatic rings. The Balaban J connectivity index is 1.51. The number of hydrogen-bond acceptors (Lipinski definition) is 4. The standard InChI is InChI=1S/C23H30O4/c1-21-8-5-16(24)12-15(21)3-4-19-18(21)6-9-22(2)17(7-10-23(19,22)26)14-11-20(25)27-13-14/h11-12,17-19,26H,3-10,13H2,1-2H3. The van der Waals surface area contributed by atoms with E-state index in [0.29, 0.717) is 18.9 Å². The smallest absolute Gasteiger partial charge is 0.331 e. The van der Waals surface area contributed by atoms with E-state index in [-0.39, 0.29) is 34.4 Å². The molecular weight excluding hydrogens is 340 g/mol. The number of carbonyl (C=O) groups excluding carboxylic acids is 2. The third-order valence-corrected chi connectivity index (χ3v) is 9.28. The summed E-state index contributed by atoms with van der Waals surface area (Å²) in [6.45, 7) is 4.99. The van der Waals surface area contributed by atoms with Crippen molar-refractivity contribution in [1.82, 2.24) is 0 Å². The lowest BCUT2D eigenvalue weighted by Crippen LogP contribution is -2.60. The van der Waals surface area contributed by atoms with Crippen LogP contribution in [-0.2, 0) is 14.3 Å². The van der Waals surface area contributed by atoms with E-state index < -0.39 is 5.60 Å². The summed E-state index contributed by atoms with van der Waals surface area (Å²) >= 11 is 0. The Morgan fingerprint density at radius 3 is 2.56 bits per heavy atom. The highest BCUT2D eigenvalue weighted by molar-refractivity contribution is 5.91. The van der Waals surface area contributed by atoms with Crippen LogP contribution < -0.4 is 0 Å². The molecule has 5 rings (SSSR count). The van der Waals surface area contributed by atoms with Gasteiger partial charge in [-0.15, -0.1) is 0 Å². The van der Waals surface area contributed by atoms with Crippen molar-refractivity contribution >= 4 is 11.8 Å². The molecule has 0 amide bonds. The lowest BCUT2D eigenvalue weighted by atomic mass is 9.45. The molecule has 0 radical (unpaired) electrons. The molecule has 3 saturated carbocycles. The maximum atomic E-state index is 12.1. The topological polar surface area (TPSA) is 63.6 Å². The van der Waals surface area contributed by atoms with Gasteiger partial charge in [0, 0.05) is 17.9 Å². The summed E-state index contributed by atoms with van der Waals surface area (Å²) in [5.74, 6) is 1.03. The number of carbonyl (C=O) groups is 2. The van der Waals surface area contributed by atoms with Crippen LogP contribution in [-0.4, -0.2) is 29.1 Å². The number of ketones is 1. The molecule has 1 aliphatic heterocycles. The Hall–Kier alpha value is -1.42. The molecule has 4 heteroatoms. The predicted molar refractivity (Wildman–Crippen MR) is 101 cm³/mol. The zero-order chi connectivity index (χ0) is 19.0. The number of aliphatic hydroxyl groups is 1. The van der Waals surface area contributed by atoms with Crippen LogP contribution in [0.15, 0.2) is 23.3 Å². The van der Waals surface area contributed by atoms with Gasteiger partial charge in [0.1, 0.15) is 6.61 Å². The summed E-state index contributed by atoms with van der Waals surface area (Å²) in [4.78, 5) is 23.6. The average molecular weight is 370 g/mol. The second-order valence-corrected chi connectivity index (χ2v) is 10.1. The molecule has 1 N–H and O–H groups in total. The number of ether oxygens (including phenoxy) is 1. The minimum atomic E-state index is -0.678. The molecule has 0 saturated heterocycles. The van der Waals surface area contributed by atoms with Gasteiger partial charge in [-0.2, -0.15) is 0 Å². The van der Waals surface area contributed by atoms with E-state index in [0.717, 1.165) is 50.5 Å². The Bertz CT molecular complexity index is 779. The number of fused-ring (bicyclic) bond motifs is 5. The fraction of sp³-hybridized carbons (Fsp3) is 0.739. The van der Waals surface area contributed by atoms with E-state index >= 15 is 0 Å². The largest absolute Gasteiger partial charge is 0.458 e. The van der Waals surface area contributed by atoms with Crippen molar-refractivity contribution in [3.63, 3.8) is 0 Å². The lowest BCUT2D eigenvalue weighted by Gasteiger charge is -2.61. The summed E-state index contributed by atoms with van der Waals surface area (Å²) in [7, 11) is 0. The number of rotatable bonds is 1. The molecule has 0 spiro atoms. The van der Waals surface area contributed by atoms with Crippen LogP contribution in [0.5, 0.6) is 0 Å². The molecule has 3 fully saturated rings. The molecule has 0 aromatic heterocycles. The molecular formula is C23H30O4. The lowest BCUT2D eigenvalue weighted by molar-refractivity contribution is -0.181. The highest BCUT2D eigenvalue weighted by Crippen LogP contribution is 2.69. The molecule has 27 heavy (non-hydrogen) atoms. The summed E-state index contributed by atoms with van der Waals surface area (Å²) in [5.41, 5.74) is 1.62. The van der Waals surface area contributed by atoms with Crippen LogP contribution in [0.4, 0.5) is 0 Å². The van der Waals surface area contributed by atoms with Crippen molar-refractivity contribution in [1.29, 1.82) is 0 Å². The van der Waals surface area contributed by atoms with Crippen molar-refractivity contribution < 1.29 is 19.4 Å². The number of allylic oxidation sites excluding steroid dienone is 1. The quantitative estimate of drug-likeness (QED) is 0.714. The fourth-order valence-corrected chi connectivity index (χ4v) is 7.71. The van der Waals surface area contributed by atoms with Gasteiger partial charge in [0.25, 0.3) is 0 Å². The van der Waals surface area contributed by atoms with E-state index in [4.69, 9.17) is 4.74 Å². The van der Waals surface area contributed by atoms with Gasteiger partial charge in [0.15, 0.2) is 5.78 Å². The maximum absolute atomic E-state index is 12.1. The maximum Gasteiger partial charge on any atom is 0.331 e. The van der Waals surface area contributed by atoms with E-state index in [2.05, 4.69) is 13.8 Å². The van der Waals surface area contributed by atoms with Crippen LogP contribution in [0.25, 0.3) is 0 Å². The first kappa shape index (κ1) is 17.7. The second-order valence-electron chi connectivity index (χ2n) is 10.1. The Kier molecular flexibility index (Phi) is 3.64. The van der Waals surface area contributed by atoms with E-state index in [1.54, 1.807) is 6.08 Å².